The van der Waals surface area contributed by atoms with Crippen molar-refractivity contribution < 1.29 is 9.47 Å². The Hall–Kier alpha value is -0.940. The van der Waals surface area contributed by atoms with Gasteiger partial charge in [0.15, 0.2) is 6.29 Å². The van der Waals surface area contributed by atoms with Crippen LogP contribution in [-0.2, 0) is 22.6 Å². The van der Waals surface area contributed by atoms with Gasteiger partial charge in [-0.05, 0) is 18.1 Å². The van der Waals surface area contributed by atoms with Gasteiger partial charge in [0.1, 0.15) is 0 Å². The molecule has 1 aromatic rings. The van der Waals surface area contributed by atoms with Gasteiger partial charge in [0.05, 0.1) is 5.54 Å². The molecule has 1 aromatic carbocycles. The molecule has 1 heterocycles. The molecule has 0 bridgehead atoms. The number of methoxy groups -OCH3 is 2. The minimum Gasteiger partial charge on any atom is -0.354 e. The van der Waals surface area contributed by atoms with Gasteiger partial charge in [0.25, 0.3) is 0 Å². The van der Waals surface area contributed by atoms with E-state index in [2.05, 4.69) is 36.1 Å². The zero-order valence-corrected chi connectivity index (χ0v) is 11.3. The van der Waals surface area contributed by atoms with Crippen molar-refractivity contribution >= 4 is 0 Å². The Morgan fingerprint density at radius 2 is 1.72 bits per heavy atom. The van der Waals surface area contributed by atoms with Gasteiger partial charge in [0, 0.05) is 33.9 Å². The number of benzene rings is 1. The summed E-state index contributed by atoms with van der Waals surface area (Å²) in [6, 6.07) is 8.49. The fourth-order valence-electron chi connectivity index (χ4n) is 2.67. The van der Waals surface area contributed by atoms with E-state index in [1.165, 1.54) is 11.1 Å². The highest BCUT2D eigenvalue weighted by Crippen LogP contribution is 2.31. The van der Waals surface area contributed by atoms with E-state index in [0.29, 0.717) is 6.54 Å². The first-order chi connectivity index (χ1) is 8.65. The first kappa shape index (κ1) is 13.5. The molecular formula is C14H22N2O2. The quantitative estimate of drug-likeness (QED) is 0.801. The maximum atomic E-state index is 5.97. The molecule has 0 saturated carbocycles. The van der Waals surface area contributed by atoms with Gasteiger partial charge in [-0.3, -0.25) is 4.90 Å². The predicted octanol–water partition coefficient (Wildman–Crippen LogP) is 1.34. The van der Waals surface area contributed by atoms with Crippen LogP contribution >= 0.6 is 0 Å². The minimum absolute atomic E-state index is 0.317. The van der Waals surface area contributed by atoms with E-state index < -0.39 is 0 Å². The van der Waals surface area contributed by atoms with Crippen molar-refractivity contribution in [2.75, 3.05) is 20.8 Å². The van der Waals surface area contributed by atoms with Crippen molar-refractivity contribution in [3.05, 3.63) is 35.4 Å². The molecule has 100 valence electrons. The van der Waals surface area contributed by atoms with Crippen LogP contribution in [0.5, 0.6) is 0 Å². The summed E-state index contributed by atoms with van der Waals surface area (Å²) < 4.78 is 10.8. The number of nitrogens with zero attached hydrogens (tertiary/aromatic N) is 1. The zero-order chi connectivity index (χ0) is 13.2. The predicted molar refractivity (Wildman–Crippen MR) is 71.0 cm³/mol. The van der Waals surface area contributed by atoms with E-state index in [1.54, 1.807) is 14.2 Å². The SMILES string of the molecule is COC(OC)C(C)(CN)N1Cc2ccccc2C1. The lowest BCUT2D eigenvalue weighted by molar-refractivity contribution is -0.183. The van der Waals surface area contributed by atoms with Gasteiger partial charge in [-0.25, -0.2) is 0 Å². The van der Waals surface area contributed by atoms with Gasteiger partial charge in [0.2, 0.25) is 0 Å². The van der Waals surface area contributed by atoms with Crippen LogP contribution in [0.2, 0.25) is 0 Å². The Balaban J connectivity index is 2.22. The molecule has 1 aliphatic heterocycles. The molecule has 0 fully saturated rings. The third kappa shape index (κ3) is 2.17. The van der Waals surface area contributed by atoms with E-state index >= 15 is 0 Å². The van der Waals surface area contributed by atoms with Gasteiger partial charge < -0.3 is 15.2 Å². The number of rotatable bonds is 5. The molecule has 0 amide bonds. The molecule has 0 aliphatic carbocycles. The summed E-state index contributed by atoms with van der Waals surface area (Å²) in [5.41, 5.74) is 8.38. The van der Waals surface area contributed by atoms with Gasteiger partial charge >= 0.3 is 0 Å². The molecule has 2 N–H and O–H groups in total. The number of ether oxygens (including phenoxy) is 2. The minimum atomic E-state index is -0.322. The average Bonchev–Trinajstić information content (AvgIpc) is 2.84. The molecule has 18 heavy (non-hydrogen) atoms. The van der Waals surface area contributed by atoms with Crippen LogP contribution in [0.4, 0.5) is 0 Å². The fourth-order valence-corrected chi connectivity index (χ4v) is 2.67. The van der Waals surface area contributed by atoms with Crippen molar-refractivity contribution in [3.63, 3.8) is 0 Å². The smallest absolute Gasteiger partial charge is 0.176 e. The van der Waals surface area contributed by atoms with Crippen LogP contribution < -0.4 is 5.73 Å². The molecule has 1 atom stereocenters. The zero-order valence-electron chi connectivity index (χ0n) is 11.3. The molecule has 0 spiro atoms. The highest BCUT2D eigenvalue weighted by molar-refractivity contribution is 5.31. The molecule has 4 heteroatoms. The Morgan fingerprint density at radius 1 is 1.22 bits per heavy atom. The second-order valence-electron chi connectivity index (χ2n) is 4.99. The van der Waals surface area contributed by atoms with Gasteiger partial charge in [-0.1, -0.05) is 24.3 Å². The van der Waals surface area contributed by atoms with Crippen molar-refractivity contribution in [1.29, 1.82) is 0 Å². The molecule has 0 saturated heterocycles. The lowest BCUT2D eigenvalue weighted by Gasteiger charge is -2.42. The third-order valence-corrected chi connectivity index (χ3v) is 3.91. The maximum absolute atomic E-state index is 5.97. The van der Waals surface area contributed by atoms with E-state index in [4.69, 9.17) is 15.2 Å². The summed E-state index contributed by atoms with van der Waals surface area (Å²) in [4.78, 5) is 2.33. The van der Waals surface area contributed by atoms with E-state index in [9.17, 15) is 0 Å². The summed E-state index contributed by atoms with van der Waals surface area (Å²) >= 11 is 0. The van der Waals surface area contributed by atoms with Crippen LogP contribution in [0.3, 0.4) is 0 Å². The average molecular weight is 250 g/mol. The van der Waals surface area contributed by atoms with Crippen molar-refractivity contribution in [2.45, 2.75) is 31.8 Å². The van der Waals surface area contributed by atoms with Gasteiger partial charge in [-0.15, -0.1) is 0 Å². The summed E-state index contributed by atoms with van der Waals surface area (Å²) in [6.45, 7) is 4.38. The number of nitrogens with two attached hydrogens (primary N) is 1. The number of hydrogen-bond acceptors (Lipinski definition) is 4. The van der Waals surface area contributed by atoms with Crippen molar-refractivity contribution in [2.24, 2.45) is 5.73 Å². The summed E-state index contributed by atoms with van der Waals surface area (Å²) in [6.07, 6.45) is -0.322. The summed E-state index contributed by atoms with van der Waals surface area (Å²) in [5, 5.41) is 0. The molecular weight excluding hydrogens is 228 g/mol. The van der Waals surface area contributed by atoms with Crippen LogP contribution in [0.25, 0.3) is 0 Å². The maximum Gasteiger partial charge on any atom is 0.176 e. The Kier molecular flexibility index (Phi) is 4.02. The van der Waals surface area contributed by atoms with Gasteiger partial charge in [-0.2, -0.15) is 0 Å². The van der Waals surface area contributed by atoms with Crippen molar-refractivity contribution in [1.82, 2.24) is 4.90 Å². The second kappa shape index (κ2) is 5.36. The monoisotopic (exact) mass is 250 g/mol. The highest BCUT2D eigenvalue weighted by atomic mass is 16.7. The highest BCUT2D eigenvalue weighted by Gasteiger charge is 2.41. The lowest BCUT2D eigenvalue weighted by atomic mass is 9.99. The van der Waals surface area contributed by atoms with Crippen LogP contribution in [-0.4, -0.2) is 37.5 Å². The molecule has 2 rings (SSSR count). The normalized spacial score (nSPS) is 18.9. The summed E-state index contributed by atoms with van der Waals surface area (Å²) in [5.74, 6) is 0. The van der Waals surface area contributed by atoms with E-state index in [1.807, 2.05) is 0 Å². The summed E-state index contributed by atoms with van der Waals surface area (Å²) in [7, 11) is 3.32. The second-order valence-corrected chi connectivity index (χ2v) is 4.99. The standard InChI is InChI=1S/C14H22N2O2/c1-14(10-15,13(17-2)18-3)16-8-11-6-4-5-7-12(11)9-16/h4-7,13H,8-10,15H2,1-3H3. The van der Waals surface area contributed by atoms with Crippen LogP contribution in [0.1, 0.15) is 18.1 Å². The Bertz CT molecular complexity index is 382. The van der Waals surface area contributed by atoms with E-state index in [-0.39, 0.29) is 11.8 Å². The largest absolute Gasteiger partial charge is 0.354 e. The lowest BCUT2D eigenvalue weighted by Crippen LogP contribution is -2.58. The first-order valence-corrected chi connectivity index (χ1v) is 6.23. The molecule has 1 unspecified atom stereocenters. The number of hydrogen-bond donors (Lipinski definition) is 1. The van der Waals surface area contributed by atoms with Crippen LogP contribution in [0, 0.1) is 0 Å². The first-order valence-electron chi connectivity index (χ1n) is 6.23. The van der Waals surface area contributed by atoms with E-state index in [0.717, 1.165) is 13.1 Å². The Labute approximate surface area is 109 Å². The molecule has 1 aliphatic rings. The molecule has 4 nitrogen and oxygen atoms in total. The number of fused-ring (bicyclic) bond motifs is 1. The molecule has 0 radical (unpaired) electrons. The van der Waals surface area contributed by atoms with Crippen molar-refractivity contribution in [3.8, 4) is 0 Å². The fraction of sp³-hybridized carbons (Fsp3) is 0.571. The topological polar surface area (TPSA) is 47.7 Å². The Morgan fingerprint density at radius 3 is 2.11 bits per heavy atom. The van der Waals surface area contributed by atoms with Crippen LogP contribution in [0.15, 0.2) is 24.3 Å². The third-order valence-electron chi connectivity index (χ3n) is 3.91. The molecule has 0 aromatic heterocycles.